The molecule has 0 aromatic carbocycles. The number of halogens is 3. The Morgan fingerprint density at radius 2 is 2.38 bits per heavy atom. The molecule has 0 radical (unpaired) electrons. The molecular weight excluding hydrogens is 321 g/mol. The summed E-state index contributed by atoms with van der Waals surface area (Å²) in [5.41, 5.74) is 1.62. The van der Waals surface area contributed by atoms with E-state index in [-0.39, 0.29) is 0 Å². The van der Waals surface area contributed by atoms with E-state index >= 15 is 0 Å². The lowest BCUT2D eigenvalue weighted by Crippen LogP contribution is -2.04. The highest BCUT2D eigenvalue weighted by Gasteiger charge is 2.18. The summed E-state index contributed by atoms with van der Waals surface area (Å²) in [6.07, 6.45) is 1.63. The van der Waals surface area contributed by atoms with Gasteiger partial charge >= 0.3 is 0 Å². The van der Waals surface area contributed by atoms with Crippen LogP contribution >= 0.6 is 43.5 Å². The van der Waals surface area contributed by atoms with Crippen molar-refractivity contribution < 1.29 is 4.79 Å². The molecule has 70 valence electrons. The van der Waals surface area contributed by atoms with E-state index in [4.69, 9.17) is 11.6 Å². The summed E-state index contributed by atoms with van der Waals surface area (Å²) < 4.78 is 0. The molecule has 1 unspecified atom stereocenters. The minimum Gasteiger partial charge on any atom is -0.280 e. The normalized spacial score (nSPS) is 12.5. The average Bonchev–Trinajstić information content (AvgIpc) is 2.16. The van der Waals surface area contributed by atoms with Gasteiger partial charge < -0.3 is 0 Å². The van der Waals surface area contributed by atoms with Gasteiger partial charge in [-0.1, -0.05) is 37.9 Å². The topological polar surface area (TPSA) is 30.0 Å². The number of rotatable bonds is 3. The SMILES string of the molecule is O=C(Cl)C(Br)c1ncccc1CBr. The number of carbonyl (C=O) groups excluding carboxylic acids is 1. The molecule has 5 heteroatoms. The van der Waals surface area contributed by atoms with Crippen LogP contribution in [0.15, 0.2) is 18.3 Å². The zero-order valence-electron chi connectivity index (χ0n) is 6.51. The van der Waals surface area contributed by atoms with Gasteiger partial charge in [0.15, 0.2) is 0 Å². The monoisotopic (exact) mass is 325 g/mol. The van der Waals surface area contributed by atoms with Crippen molar-refractivity contribution in [3.8, 4) is 0 Å². The lowest BCUT2D eigenvalue weighted by molar-refractivity contribution is -0.111. The first-order valence-electron chi connectivity index (χ1n) is 3.50. The summed E-state index contributed by atoms with van der Waals surface area (Å²) in [6, 6.07) is 3.71. The van der Waals surface area contributed by atoms with Crippen LogP contribution in [-0.4, -0.2) is 10.2 Å². The summed E-state index contributed by atoms with van der Waals surface area (Å²) in [5.74, 6) is 0. The molecule has 0 aliphatic carbocycles. The van der Waals surface area contributed by atoms with Gasteiger partial charge in [-0.3, -0.25) is 9.78 Å². The number of carbonyl (C=O) groups is 1. The van der Waals surface area contributed by atoms with E-state index in [2.05, 4.69) is 36.8 Å². The standard InChI is InChI=1S/C8H6Br2ClNO/c9-4-5-2-1-3-12-7(5)6(10)8(11)13/h1-3,6H,4H2. The second kappa shape index (κ2) is 5.08. The van der Waals surface area contributed by atoms with Crippen molar-refractivity contribution in [1.82, 2.24) is 4.98 Å². The lowest BCUT2D eigenvalue weighted by Gasteiger charge is -2.07. The van der Waals surface area contributed by atoms with Crippen molar-refractivity contribution in [2.75, 3.05) is 0 Å². The van der Waals surface area contributed by atoms with Crippen LogP contribution < -0.4 is 0 Å². The second-order valence-corrected chi connectivity index (χ2v) is 4.20. The van der Waals surface area contributed by atoms with Crippen LogP contribution in [0.1, 0.15) is 16.1 Å². The highest BCUT2D eigenvalue weighted by atomic mass is 79.9. The van der Waals surface area contributed by atoms with E-state index in [9.17, 15) is 4.79 Å². The first-order valence-corrected chi connectivity index (χ1v) is 5.91. The lowest BCUT2D eigenvalue weighted by atomic mass is 10.2. The van der Waals surface area contributed by atoms with Crippen LogP contribution in [0.2, 0.25) is 0 Å². The van der Waals surface area contributed by atoms with E-state index in [1.54, 1.807) is 6.20 Å². The molecule has 1 atom stereocenters. The fourth-order valence-corrected chi connectivity index (χ4v) is 1.89. The van der Waals surface area contributed by atoms with Crippen LogP contribution in [0.5, 0.6) is 0 Å². The zero-order valence-corrected chi connectivity index (χ0v) is 10.4. The van der Waals surface area contributed by atoms with Gasteiger partial charge in [-0.25, -0.2) is 0 Å². The van der Waals surface area contributed by atoms with Crippen molar-refractivity contribution in [2.45, 2.75) is 10.2 Å². The minimum atomic E-state index is -0.525. The molecule has 1 aromatic heterocycles. The molecule has 13 heavy (non-hydrogen) atoms. The van der Waals surface area contributed by atoms with Crippen LogP contribution in [0.4, 0.5) is 0 Å². The quantitative estimate of drug-likeness (QED) is 0.630. The Bertz CT molecular complexity index is 319. The van der Waals surface area contributed by atoms with Gasteiger partial charge in [0.2, 0.25) is 5.24 Å². The molecular formula is C8H6Br2ClNO. The Labute approximate surface area is 97.9 Å². The molecule has 0 saturated carbocycles. The smallest absolute Gasteiger partial charge is 0.241 e. The molecule has 2 nitrogen and oxygen atoms in total. The summed E-state index contributed by atoms with van der Waals surface area (Å²) in [5, 5.41) is 0.198. The Balaban J connectivity index is 3.05. The zero-order chi connectivity index (χ0) is 9.84. The summed E-state index contributed by atoms with van der Waals surface area (Å²) in [4.78, 5) is 14.4. The Morgan fingerprint density at radius 1 is 1.69 bits per heavy atom. The Morgan fingerprint density at radius 3 is 2.92 bits per heavy atom. The number of nitrogens with zero attached hydrogens (tertiary/aromatic N) is 1. The fraction of sp³-hybridized carbons (Fsp3) is 0.250. The molecule has 1 aromatic rings. The number of aromatic nitrogens is 1. The molecule has 0 saturated heterocycles. The largest absolute Gasteiger partial charge is 0.280 e. The maximum absolute atomic E-state index is 10.9. The molecule has 0 fully saturated rings. The average molecular weight is 327 g/mol. The molecule has 0 aliphatic rings. The summed E-state index contributed by atoms with van der Waals surface area (Å²) in [7, 11) is 0. The van der Waals surface area contributed by atoms with E-state index in [0.29, 0.717) is 11.0 Å². The molecule has 1 heterocycles. The van der Waals surface area contributed by atoms with Gasteiger partial charge in [-0.05, 0) is 23.2 Å². The Kier molecular flexibility index (Phi) is 4.35. The molecule has 0 aliphatic heterocycles. The van der Waals surface area contributed by atoms with Crippen molar-refractivity contribution in [1.29, 1.82) is 0 Å². The van der Waals surface area contributed by atoms with E-state index in [1.165, 1.54) is 0 Å². The molecule has 0 N–H and O–H groups in total. The predicted octanol–water partition coefficient (Wildman–Crippen LogP) is 3.18. The van der Waals surface area contributed by atoms with Gasteiger partial charge in [0.25, 0.3) is 0 Å². The fourth-order valence-electron chi connectivity index (χ4n) is 0.900. The number of hydrogen-bond donors (Lipinski definition) is 0. The minimum absolute atomic E-state index is 0.457. The van der Waals surface area contributed by atoms with Crippen LogP contribution in [0, 0.1) is 0 Å². The summed E-state index contributed by atoms with van der Waals surface area (Å²) >= 11 is 11.8. The maximum Gasteiger partial charge on any atom is 0.241 e. The van der Waals surface area contributed by atoms with Gasteiger partial charge in [-0.15, -0.1) is 0 Å². The first-order chi connectivity index (χ1) is 6.16. The van der Waals surface area contributed by atoms with Crippen LogP contribution in [0.3, 0.4) is 0 Å². The number of alkyl halides is 2. The van der Waals surface area contributed by atoms with Crippen molar-refractivity contribution in [3.63, 3.8) is 0 Å². The van der Waals surface area contributed by atoms with Crippen molar-refractivity contribution in [3.05, 3.63) is 29.6 Å². The van der Waals surface area contributed by atoms with Gasteiger partial charge in [0.1, 0.15) is 4.83 Å². The van der Waals surface area contributed by atoms with Gasteiger partial charge in [-0.2, -0.15) is 0 Å². The number of hydrogen-bond acceptors (Lipinski definition) is 2. The predicted molar refractivity (Wildman–Crippen MR) is 59.4 cm³/mol. The van der Waals surface area contributed by atoms with E-state index < -0.39 is 10.1 Å². The van der Waals surface area contributed by atoms with E-state index in [1.807, 2.05) is 12.1 Å². The van der Waals surface area contributed by atoms with Crippen molar-refractivity contribution in [2.24, 2.45) is 0 Å². The van der Waals surface area contributed by atoms with Crippen LogP contribution in [0.25, 0.3) is 0 Å². The Hall–Kier alpha value is 0.0700. The first kappa shape index (κ1) is 11.1. The molecule has 1 rings (SSSR count). The highest BCUT2D eigenvalue weighted by Crippen LogP contribution is 2.27. The second-order valence-electron chi connectivity index (χ2n) is 2.35. The summed E-state index contributed by atoms with van der Waals surface area (Å²) in [6.45, 7) is 0. The third kappa shape index (κ3) is 2.76. The van der Waals surface area contributed by atoms with Gasteiger partial charge in [0.05, 0.1) is 5.69 Å². The third-order valence-corrected chi connectivity index (χ3v) is 3.44. The van der Waals surface area contributed by atoms with Crippen molar-refractivity contribution >= 4 is 48.7 Å². The number of pyridine rings is 1. The molecule has 0 amide bonds. The highest BCUT2D eigenvalue weighted by molar-refractivity contribution is 9.09. The van der Waals surface area contributed by atoms with Gasteiger partial charge in [0, 0.05) is 11.5 Å². The molecule has 0 spiro atoms. The maximum atomic E-state index is 10.9. The van der Waals surface area contributed by atoms with Crippen LogP contribution in [-0.2, 0) is 10.1 Å². The molecule has 0 bridgehead atoms. The third-order valence-electron chi connectivity index (χ3n) is 1.51. The van der Waals surface area contributed by atoms with E-state index in [0.717, 1.165) is 5.56 Å².